The van der Waals surface area contributed by atoms with Gasteiger partial charge >= 0.3 is 0 Å². The third-order valence-electron chi connectivity index (χ3n) is 2.91. The van der Waals surface area contributed by atoms with Gasteiger partial charge in [0.2, 0.25) is 0 Å². The van der Waals surface area contributed by atoms with Crippen LogP contribution in [-0.2, 0) is 0 Å². The van der Waals surface area contributed by atoms with Crippen LogP contribution in [0.25, 0.3) is 4.96 Å². The van der Waals surface area contributed by atoms with Gasteiger partial charge in [0.1, 0.15) is 5.69 Å². The maximum atomic E-state index is 12.2. The van der Waals surface area contributed by atoms with E-state index < -0.39 is 0 Å². The summed E-state index contributed by atoms with van der Waals surface area (Å²) in [5.41, 5.74) is 2.51. The molecule has 1 atom stereocenters. The molecule has 0 aliphatic rings. The molecule has 5 heteroatoms. The summed E-state index contributed by atoms with van der Waals surface area (Å²) >= 11 is 1.56. The highest BCUT2D eigenvalue weighted by molar-refractivity contribution is 7.15. The minimum atomic E-state index is -0.0362. The monoisotopic (exact) mass is 251 g/mol. The molecule has 92 valence electrons. The number of thiazole rings is 1. The molecule has 2 aromatic rings. The predicted molar refractivity (Wildman–Crippen MR) is 69.8 cm³/mol. The van der Waals surface area contributed by atoms with Crippen LogP contribution in [0.1, 0.15) is 42.1 Å². The number of aryl methyl sites for hydroxylation is 2. The van der Waals surface area contributed by atoms with Gasteiger partial charge in [-0.05, 0) is 27.2 Å². The van der Waals surface area contributed by atoms with Crippen LogP contribution < -0.4 is 5.32 Å². The first-order valence-corrected chi connectivity index (χ1v) is 6.66. The second-order valence-electron chi connectivity index (χ2n) is 4.32. The Balaban J connectivity index is 2.43. The van der Waals surface area contributed by atoms with Gasteiger partial charge < -0.3 is 5.32 Å². The van der Waals surface area contributed by atoms with E-state index in [1.54, 1.807) is 11.3 Å². The molecule has 2 heterocycles. The van der Waals surface area contributed by atoms with Gasteiger partial charge in [0.15, 0.2) is 4.96 Å². The zero-order valence-corrected chi connectivity index (χ0v) is 11.4. The van der Waals surface area contributed by atoms with Crippen LogP contribution in [-0.4, -0.2) is 21.3 Å². The number of rotatable bonds is 3. The lowest BCUT2D eigenvalue weighted by atomic mass is 10.2. The summed E-state index contributed by atoms with van der Waals surface area (Å²) in [5, 5.41) is 5.00. The van der Waals surface area contributed by atoms with E-state index in [9.17, 15) is 4.79 Å². The van der Waals surface area contributed by atoms with E-state index in [0.29, 0.717) is 5.69 Å². The van der Waals surface area contributed by atoms with Crippen LogP contribution in [0.15, 0.2) is 5.38 Å². The predicted octanol–water partition coefficient (Wildman–Crippen LogP) is 2.54. The molecular weight excluding hydrogens is 234 g/mol. The Kier molecular flexibility index (Phi) is 3.19. The molecule has 0 spiro atoms. The van der Waals surface area contributed by atoms with Gasteiger partial charge in [-0.25, -0.2) is 4.98 Å². The zero-order chi connectivity index (χ0) is 12.6. The average Bonchev–Trinajstić information content (AvgIpc) is 2.78. The number of nitrogens with zero attached hydrogens (tertiary/aromatic N) is 2. The summed E-state index contributed by atoms with van der Waals surface area (Å²) in [6.07, 6.45) is 0.926. The third-order valence-corrected chi connectivity index (χ3v) is 3.86. The fourth-order valence-electron chi connectivity index (χ4n) is 1.76. The lowest BCUT2D eigenvalue weighted by Gasteiger charge is -2.11. The van der Waals surface area contributed by atoms with E-state index in [0.717, 1.165) is 22.8 Å². The van der Waals surface area contributed by atoms with Crippen LogP contribution >= 0.6 is 11.3 Å². The summed E-state index contributed by atoms with van der Waals surface area (Å²) in [6.45, 7) is 7.93. The van der Waals surface area contributed by atoms with Crippen molar-refractivity contribution in [3.63, 3.8) is 0 Å². The number of amides is 1. The molecule has 0 aromatic carbocycles. The summed E-state index contributed by atoms with van der Waals surface area (Å²) in [4.78, 5) is 17.5. The molecule has 0 radical (unpaired) electrons. The molecule has 0 saturated heterocycles. The van der Waals surface area contributed by atoms with Crippen molar-refractivity contribution in [1.29, 1.82) is 0 Å². The van der Waals surface area contributed by atoms with Crippen molar-refractivity contribution in [2.24, 2.45) is 0 Å². The van der Waals surface area contributed by atoms with Gasteiger partial charge in [-0.15, -0.1) is 11.3 Å². The van der Waals surface area contributed by atoms with Crippen molar-refractivity contribution in [2.75, 3.05) is 0 Å². The molecule has 0 saturated carbocycles. The second-order valence-corrected chi connectivity index (χ2v) is 5.16. The van der Waals surface area contributed by atoms with Crippen molar-refractivity contribution >= 4 is 22.2 Å². The standard InChI is InChI=1S/C12H17N3OS/c1-5-7(2)13-11(16)10-9(4)14-12-15(10)8(3)6-17-12/h6-7H,5H2,1-4H3,(H,13,16). The molecule has 0 aliphatic carbocycles. The van der Waals surface area contributed by atoms with Crippen LogP contribution in [0.3, 0.4) is 0 Å². The highest BCUT2D eigenvalue weighted by atomic mass is 32.1. The van der Waals surface area contributed by atoms with E-state index in [2.05, 4.69) is 17.2 Å². The highest BCUT2D eigenvalue weighted by Gasteiger charge is 2.19. The first-order chi connectivity index (χ1) is 8.04. The van der Waals surface area contributed by atoms with E-state index >= 15 is 0 Å². The molecule has 1 amide bonds. The molecule has 0 bridgehead atoms. The van der Waals surface area contributed by atoms with E-state index in [1.807, 2.05) is 30.6 Å². The number of nitrogens with one attached hydrogen (secondary N) is 1. The van der Waals surface area contributed by atoms with Crippen molar-refractivity contribution in [1.82, 2.24) is 14.7 Å². The average molecular weight is 251 g/mol. The summed E-state index contributed by atoms with van der Waals surface area (Å²) < 4.78 is 1.93. The zero-order valence-electron chi connectivity index (χ0n) is 10.6. The Hall–Kier alpha value is -1.36. The molecule has 1 N–H and O–H groups in total. The molecule has 2 rings (SSSR count). The number of hydrogen-bond donors (Lipinski definition) is 1. The van der Waals surface area contributed by atoms with Crippen LogP contribution in [0.5, 0.6) is 0 Å². The molecule has 17 heavy (non-hydrogen) atoms. The largest absolute Gasteiger partial charge is 0.348 e. The Bertz CT molecular complexity index is 555. The lowest BCUT2D eigenvalue weighted by molar-refractivity contribution is 0.0932. The Morgan fingerprint density at radius 2 is 2.29 bits per heavy atom. The lowest BCUT2D eigenvalue weighted by Crippen LogP contribution is -2.33. The van der Waals surface area contributed by atoms with Crippen LogP contribution in [0.2, 0.25) is 0 Å². The summed E-state index contributed by atoms with van der Waals surface area (Å²) in [5.74, 6) is -0.0362. The van der Waals surface area contributed by atoms with E-state index in [1.165, 1.54) is 0 Å². The minimum absolute atomic E-state index is 0.0362. The summed E-state index contributed by atoms with van der Waals surface area (Å²) in [6, 6.07) is 0.186. The van der Waals surface area contributed by atoms with Gasteiger partial charge in [-0.1, -0.05) is 6.92 Å². The molecular formula is C12H17N3OS. The van der Waals surface area contributed by atoms with Gasteiger partial charge in [-0.2, -0.15) is 0 Å². The Morgan fingerprint density at radius 3 is 2.94 bits per heavy atom. The Labute approximate surface area is 105 Å². The molecule has 2 aromatic heterocycles. The number of hydrogen-bond acceptors (Lipinski definition) is 3. The highest BCUT2D eigenvalue weighted by Crippen LogP contribution is 2.20. The van der Waals surface area contributed by atoms with Crippen LogP contribution in [0.4, 0.5) is 0 Å². The number of imidazole rings is 1. The third kappa shape index (κ3) is 2.07. The van der Waals surface area contributed by atoms with Gasteiger partial charge in [0, 0.05) is 17.1 Å². The van der Waals surface area contributed by atoms with E-state index in [4.69, 9.17) is 0 Å². The topological polar surface area (TPSA) is 46.4 Å². The number of carbonyl (C=O) groups is 1. The summed E-state index contributed by atoms with van der Waals surface area (Å²) in [7, 11) is 0. The normalized spacial score (nSPS) is 12.9. The first kappa shape index (κ1) is 12.1. The van der Waals surface area contributed by atoms with Crippen molar-refractivity contribution in [3.05, 3.63) is 22.5 Å². The fourth-order valence-corrected chi connectivity index (χ4v) is 2.67. The van der Waals surface area contributed by atoms with Gasteiger partial charge in [0.05, 0.1) is 5.69 Å². The number of aromatic nitrogens is 2. The Morgan fingerprint density at radius 1 is 1.59 bits per heavy atom. The fraction of sp³-hybridized carbons (Fsp3) is 0.500. The maximum Gasteiger partial charge on any atom is 0.270 e. The SMILES string of the molecule is CCC(C)NC(=O)c1c(C)nc2scc(C)n12. The molecule has 4 nitrogen and oxygen atoms in total. The second kappa shape index (κ2) is 4.49. The molecule has 1 unspecified atom stereocenters. The number of carbonyl (C=O) groups excluding carboxylic acids is 1. The molecule has 0 aliphatic heterocycles. The smallest absolute Gasteiger partial charge is 0.270 e. The number of fused-ring (bicyclic) bond motifs is 1. The maximum absolute atomic E-state index is 12.2. The van der Waals surface area contributed by atoms with Crippen molar-refractivity contribution in [3.8, 4) is 0 Å². The van der Waals surface area contributed by atoms with Crippen molar-refractivity contribution in [2.45, 2.75) is 40.2 Å². The van der Waals surface area contributed by atoms with Crippen molar-refractivity contribution < 1.29 is 4.79 Å². The quantitative estimate of drug-likeness (QED) is 0.911. The molecule has 0 fully saturated rings. The van der Waals surface area contributed by atoms with Crippen LogP contribution in [0, 0.1) is 13.8 Å². The minimum Gasteiger partial charge on any atom is -0.348 e. The van der Waals surface area contributed by atoms with E-state index in [-0.39, 0.29) is 11.9 Å². The first-order valence-electron chi connectivity index (χ1n) is 5.78. The van der Waals surface area contributed by atoms with Gasteiger partial charge in [-0.3, -0.25) is 9.20 Å². The van der Waals surface area contributed by atoms with Gasteiger partial charge in [0.25, 0.3) is 5.91 Å².